The number of carbonyl (C=O) groups is 1. The Morgan fingerprint density at radius 3 is 2.37 bits per heavy atom. The lowest BCUT2D eigenvalue weighted by Crippen LogP contribution is -2.27. The van der Waals surface area contributed by atoms with Crippen molar-refractivity contribution < 1.29 is 22.9 Å². The first-order chi connectivity index (χ1) is 12.8. The van der Waals surface area contributed by atoms with E-state index in [0.29, 0.717) is 11.3 Å². The van der Waals surface area contributed by atoms with Crippen molar-refractivity contribution in [1.82, 2.24) is 5.32 Å². The number of anilines is 1. The zero-order chi connectivity index (χ0) is 19.9. The predicted octanol–water partition coefficient (Wildman–Crippen LogP) is 3.86. The lowest BCUT2D eigenvalue weighted by Gasteiger charge is -2.07. The van der Waals surface area contributed by atoms with E-state index in [0.717, 1.165) is 12.1 Å². The maximum Gasteiger partial charge on any atom is 0.416 e. The zero-order valence-electron chi connectivity index (χ0n) is 14.0. The molecule has 0 aromatic heterocycles. The molecule has 27 heavy (non-hydrogen) atoms. The summed E-state index contributed by atoms with van der Waals surface area (Å²) < 4.78 is 37.4. The second-order valence-electron chi connectivity index (χ2n) is 5.45. The SMILES string of the molecule is O=C(/C=C/c1ccc(C(F)(F)F)cc1)NCCNc1ccccc1[N+](=O)[O-]. The van der Waals surface area contributed by atoms with Gasteiger partial charge in [-0.05, 0) is 29.8 Å². The molecule has 0 heterocycles. The average molecular weight is 379 g/mol. The summed E-state index contributed by atoms with van der Waals surface area (Å²) in [6, 6.07) is 10.5. The molecule has 0 saturated carbocycles. The molecule has 0 saturated heterocycles. The number of carbonyl (C=O) groups excluding carboxylic acids is 1. The van der Waals surface area contributed by atoms with Gasteiger partial charge in [0.05, 0.1) is 10.5 Å². The van der Waals surface area contributed by atoms with E-state index in [9.17, 15) is 28.1 Å². The highest BCUT2D eigenvalue weighted by Gasteiger charge is 2.29. The van der Waals surface area contributed by atoms with Crippen LogP contribution >= 0.6 is 0 Å². The van der Waals surface area contributed by atoms with Gasteiger partial charge in [-0.25, -0.2) is 0 Å². The third-order valence-corrected chi connectivity index (χ3v) is 3.51. The van der Waals surface area contributed by atoms with E-state index in [-0.39, 0.29) is 18.8 Å². The molecule has 0 unspecified atom stereocenters. The third-order valence-electron chi connectivity index (χ3n) is 3.51. The molecule has 0 aliphatic rings. The van der Waals surface area contributed by atoms with E-state index in [1.807, 2.05) is 0 Å². The molecule has 0 spiro atoms. The fourth-order valence-corrected chi connectivity index (χ4v) is 2.18. The molecule has 0 fully saturated rings. The van der Waals surface area contributed by atoms with Gasteiger partial charge in [-0.15, -0.1) is 0 Å². The Hall–Kier alpha value is -3.36. The highest BCUT2D eigenvalue weighted by Crippen LogP contribution is 2.29. The van der Waals surface area contributed by atoms with E-state index in [4.69, 9.17) is 0 Å². The first-order valence-electron chi connectivity index (χ1n) is 7.88. The summed E-state index contributed by atoms with van der Waals surface area (Å²) >= 11 is 0. The number of nitro benzene ring substituents is 1. The van der Waals surface area contributed by atoms with Crippen molar-refractivity contribution in [3.8, 4) is 0 Å². The van der Waals surface area contributed by atoms with Gasteiger partial charge in [0.25, 0.3) is 5.69 Å². The molecule has 142 valence electrons. The lowest BCUT2D eigenvalue weighted by molar-refractivity contribution is -0.384. The number of nitro groups is 1. The van der Waals surface area contributed by atoms with Crippen molar-refractivity contribution in [2.24, 2.45) is 0 Å². The smallest absolute Gasteiger partial charge is 0.378 e. The number of amides is 1. The molecule has 0 aliphatic heterocycles. The largest absolute Gasteiger partial charge is 0.416 e. The maximum absolute atomic E-state index is 12.5. The van der Waals surface area contributed by atoms with E-state index in [1.54, 1.807) is 18.2 Å². The van der Waals surface area contributed by atoms with Gasteiger partial charge >= 0.3 is 6.18 Å². The summed E-state index contributed by atoms with van der Waals surface area (Å²) in [4.78, 5) is 22.1. The Kier molecular flexibility index (Phi) is 6.53. The van der Waals surface area contributed by atoms with E-state index >= 15 is 0 Å². The van der Waals surface area contributed by atoms with E-state index in [2.05, 4.69) is 10.6 Å². The van der Waals surface area contributed by atoms with Crippen LogP contribution in [-0.4, -0.2) is 23.9 Å². The number of hydrogen-bond donors (Lipinski definition) is 2. The van der Waals surface area contributed by atoms with Crippen LogP contribution in [0, 0.1) is 10.1 Å². The molecule has 2 aromatic carbocycles. The van der Waals surface area contributed by atoms with Crippen LogP contribution < -0.4 is 10.6 Å². The zero-order valence-corrected chi connectivity index (χ0v) is 14.0. The molecule has 0 aliphatic carbocycles. The molecule has 2 rings (SSSR count). The fourth-order valence-electron chi connectivity index (χ4n) is 2.18. The number of benzene rings is 2. The van der Waals surface area contributed by atoms with Crippen LogP contribution in [0.25, 0.3) is 6.08 Å². The van der Waals surface area contributed by atoms with Crippen molar-refractivity contribution in [1.29, 1.82) is 0 Å². The van der Waals surface area contributed by atoms with Crippen molar-refractivity contribution >= 4 is 23.4 Å². The van der Waals surface area contributed by atoms with Gasteiger partial charge in [0.15, 0.2) is 0 Å². The number of hydrogen-bond acceptors (Lipinski definition) is 4. The molecule has 6 nitrogen and oxygen atoms in total. The Balaban J connectivity index is 1.80. The summed E-state index contributed by atoms with van der Waals surface area (Å²) in [5.41, 5.74) is -0.0237. The molecule has 0 bridgehead atoms. The second-order valence-corrected chi connectivity index (χ2v) is 5.45. The summed E-state index contributed by atoms with van der Waals surface area (Å²) in [6.45, 7) is 0.479. The van der Waals surface area contributed by atoms with Crippen molar-refractivity contribution in [2.45, 2.75) is 6.18 Å². The number of nitrogens with one attached hydrogen (secondary N) is 2. The number of nitrogens with zero attached hydrogens (tertiary/aromatic N) is 1. The van der Waals surface area contributed by atoms with Crippen molar-refractivity contribution in [3.63, 3.8) is 0 Å². The van der Waals surface area contributed by atoms with Crippen LogP contribution in [0.3, 0.4) is 0 Å². The van der Waals surface area contributed by atoms with Crippen LogP contribution in [0.1, 0.15) is 11.1 Å². The Morgan fingerprint density at radius 1 is 1.07 bits per heavy atom. The van der Waals surface area contributed by atoms with E-state index < -0.39 is 22.6 Å². The molecule has 9 heteroatoms. The first-order valence-corrected chi connectivity index (χ1v) is 7.88. The minimum atomic E-state index is -4.40. The van der Waals surface area contributed by atoms with Crippen LogP contribution in [0.2, 0.25) is 0 Å². The molecular weight excluding hydrogens is 363 g/mol. The number of rotatable bonds is 7. The predicted molar refractivity (Wildman–Crippen MR) is 95.1 cm³/mol. The molecule has 0 radical (unpaired) electrons. The normalized spacial score (nSPS) is 11.4. The highest BCUT2D eigenvalue weighted by atomic mass is 19.4. The maximum atomic E-state index is 12.5. The molecule has 1 amide bonds. The number of para-hydroxylation sites is 2. The van der Waals surface area contributed by atoms with Crippen LogP contribution in [0.4, 0.5) is 24.5 Å². The topological polar surface area (TPSA) is 84.3 Å². The molecule has 0 atom stereocenters. The Labute approximate surface area is 152 Å². The van der Waals surface area contributed by atoms with Crippen LogP contribution in [-0.2, 0) is 11.0 Å². The van der Waals surface area contributed by atoms with Gasteiger partial charge in [0.1, 0.15) is 5.69 Å². The summed E-state index contributed by atoms with van der Waals surface area (Å²) in [7, 11) is 0. The van der Waals surface area contributed by atoms with Gasteiger partial charge in [0, 0.05) is 25.2 Å². The summed E-state index contributed by atoms with van der Waals surface area (Å²) in [5.74, 6) is -0.431. The van der Waals surface area contributed by atoms with Gasteiger partial charge < -0.3 is 10.6 Å². The summed E-state index contributed by atoms with van der Waals surface area (Å²) in [5, 5.41) is 16.3. The number of alkyl halides is 3. The molecular formula is C18H16F3N3O3. The van der Waals surface area contributed by atoms with E-state index in [1.165, 1.54) is 30.4 Å². The van der Waals surface area contributed by atoms with Gasteiger partial charge in [0.2, 0.25) is 5.91 Å². The monoisotopic (exact) mass is 379 g/mol. The Bertz CT molecular complexity index is 834. The van der Waals surface area contributed by atoms with Gasteiger partial charge in [-0.1, -0.05) is 24.3 Å². The number of halogens is 3. The highest BCUT2D eigenvalue weighted by molar-refractivity contribution is 5.91. The minimum Gasteiger partial charge on any atom is -0.378 e. The van der Waals surface area contributed by atoms with Crippen LogP contribution in [0.5, 0.6) is 0 Å². The van der Waals surface area contributed by atoms with Crippen LogP contribution in [0.15, 0.2) is 54.6 Å². The fraction of sp³-hybridized carbons (Fsp3) is 0.167. The van der Waals surface area contributed by atoms with Gasteiger partial charge in [-0.2, -0.15) is 13.2 Å². The van der Waals surface area contributed by atoms with Crippen molar-refractivity contribution in [2.75, 3.05) is 18.4 Å². The van der Waals surface area contributed by atoms with Crippen molar-refractivity contribution in [3.05, 3.63) is 75.8 Å². The lowest BCUT2D eigenvalue weighted by atomic mass is 10.1. The minimum absolute atomic E-state index is 0.0639. The first kappa shape index (κ1) is 20.0. The standard InChI is InChI=1S/C18H16F3N3O3/c19-18(20,21)14-8-5-13(6-9-14)7-10-17(25)23-12-11-22-15-3-1-2-4-16(15)24(26)27/h1-10,22H,11-12H2,(H,23,25)/b10-7+. The quantitative estimate of drug-likeness (QED) is 0.331. The summed E-state index contributed by atoms with van der Waals surface area (Å²) in [6.07, 6.45) is -1.81. The molecule has 2 aromatic rings. The average Bonchev–Trinajstić information content (AvgIpc) is 2.63. The van der Waals surface area contributed by atoms with Gasteiger partial charge in [-0.3, -0.25) is 14.9 Å². The second kappa shape index (κ2) is 8.84. The molecule has 2 N–H and O–H groups in total. The third kappa shape index (κ3) is 6.14. The Morgan fingerprint density at radius 2 is 1.74 bits per heavy atom.